The largest absolute Gasteiger partial charge is 0.370 e. The van der Waals surface area contributed by atoms with Crippen LogP contribution in [0.5, 0.6) is 0 Å². The number of anilines is 2. The van der Waals surface area contributed by atoms with Gasteiger partial charge in [-0.3, -0.25) is 0 Å². The zero-order chi connectivity index (χ0) is 14.5. The zero-order valence-electron chi connectivity index (χ0n) is 12.4. The average molecular weight is 291 g/mol. The predicted octanol–water partition coefficient (Wildman–Crippen LogP) is 3.54. The summed E-state index contributed by atoms with van der Waals surface area (Å²) in [5, 5.41) is 7.77. The van der Waals surface area contributed by atoms with Crippen molar-refractivity contribution in [2.75, 3.05) is 17.2 Å². The molecule has 2 heterocycles. The van der Waals surface area contributed by atoms with Gasteiger partial charge in [-0.15, -0.1) is 11.3 Å². The van der Waals surface area contributed by atoms with Gasteiger partial charge < -0.3 is 10.6 Å². The number of hydrogen-bond donors (Lipinski definition) is 2. The van der Waals surface area contributed by atoms with Crippen LogP contribution in [0.25, 0.3) is 0 Å². The topological polar surface area (TPSA) is 62.7 Å². The molecule has 0 aliphatic carbocycles. The Morgan fingerprint density at radius 3 is 2.65 bits per heavy atom. The minimum Gasteiger partial charge on any atom is -0.370 e. The van der Waals surface area contributed by atoms with Crippen molar-refractivity contribution < 1.29 is 0 Å². The molecule has 1 atom stereocenters. The third-order valence-corrected chi connectivity index (χ3v) is 4.18. The molecule has 0 aromatic carbocycles. The molecule has 108 valence electrons. The Labute approximate surface area is 123 Å². The van der Waals surface area contributed by atoms with Crippen molar-refractivity contribution in [3.05, 3.63) is 28.0 Å². The van der Waals surface area contributed by atoms with E-state index in [1.807, 2.05) is 19.9 Å². The maximum Gasteiger partial charge on any atom is 0.131 e. The molecule has 2 N–H and O–H groups in total. The SMILES string of the molecule is CCCNc1cc(NC(C)c2sc(C)nc2C)ncn1. The summed E-state index contributed by atoms with van der Waals surface area (Å²) in [6.45, 7) is 9.25. The lowest BCUT2D eigenvalue weighted by Gasteiger charge is -2.14. The number of thiazole rings is 1. The average Bonchev–Trinajstić information content (AvgIpc) is 2.76. The summed E-state index contributed by atoms with van der Waals surface area (Å²) >= 11 is 1.73. The van der Waals surface area contributed by atoms with Crippen LogP contribution in [-0.4, -0.2) is 21.5 Å². The molecule has 5 nitrogen and oxygen atoms in total. The molecule has 0 aliphatic heterocycles. The Bertz CT molecular complexity index is 566. The van der Waals surface area contributed by atoms with Gasteiger partial charge in [-0.05, 0) is 27.2 Å². The summed E-state index contributed by atoms with van der Waals surface area (Å²) in [7, 11) is 0. The van der Waals surface area contributed by atoms with E-state index in [1.54, 1.807) is 17.7 Å². The maximum atomic E-state index is 4.47. The van der Waals surface area contributed by atoms with E-state index in [0.717, 1.165) is 35.3 Å². The predicted molar refractivity (Wildman–Crippen MR) is 84.4 cm³/mol. The van der Waals surface area contributed by atoms with E-state index in [0.29, 0.717) is 0 Å². The van der Waals surface area contributed by atoms with E-state index in [-0.39, 0.29) is 6.04 Å². The summed E-state index contributed by atoms with van der Waals surface area (Å²) in [4.78, 5) is 14.2. The Morgan fingerprint density at radius 1 is 1.25 bits per heavy atom. The minimum absolute atomic E-state index is 0.190. The smallest absolute Gasteiger partial charge is 0.131 e. The lowest BCUT2D eigenvalue weighted by Crippen LogP contribution is -2.09. The molecular weight excluding hydrogens is 270 g/mol. The van der Waals surface area contributed by atoms with E-state index in [4.69, 9.17) is 0 Å². The standard InChI is InChI=1S/C14H21N5S/c1-5-6-15-12-7-13(17-8-16-12)19-10(3)14-9(2)18-11(4)20-14/h7-8,10H,5-6H2,1-4H3,(H2,15,16,17,19). The Morgan fingerprint density at radius 2 is 2.00 bits per heavy atom. The molecule has 2 aromatic heterocycles. The van der Waals surface area contributed by atoms with Gasteiger partial charge in [0.2, 0.25) is 0 Å². The number of nitrogens with one attached hydrogen (secondary N) is 2. The first-order chi connectivity index (χ1) is 9.60. The van der Waals surface area contributed by atoms with E-state index in [9.17, 15) is 0 Å². The molecule has 0 amide bonds. The molecule has 0 spiro atoms. The summed E-state index contributed by atoms with van der Waals surface area (Å²) in [6.07, 6.45) is 2.65. The Hall–Kier alpha value is -1.69. The summed E-state index contributed by atoms with van der Waals surface area (Å²) in [5.41, 5.74) is 1.09. The monoisotopic (exact) mass is 291 g/mol. The normalized spacial score (nSPS) is 12.2. The molecule has 0 saturated heterocycles. The first-order valence-corrected chi connectivity index (χ1v) is 7.68. The molecule has 2 rings (SSSR count). The highest BCUT2D eigenvalue weighted by molar-refractivity contribution is 7.11. The highest BCUT2D eigenvalue weighted by atomic mass is 32.1. The molecule has 0 fully saturated rings. The highest BCUT2D eigenvalue weighted by Crippen LogP contribution is 2.27. The van der Waals surface area contributed by atoms with Crippen LogP contribution < -0.4 is 10.6 Å². The summed E-state index contributed by atoms with van der Waals surface area (Å²) in [5.74, 6) is 1.69. The fourth-order valence-corrected chi connectivity index (χ4v) is 2.95. The molecule has 0 radical (unpaired) electrons. The molecule has 2 aromatic rings. The van der Waals surface area contributed by atoms with Crippen LogP contribution in [0, 0.1) is 13.8 Å². The van der Waals surface area contributed by atoms with Crippen molar-refractivity contribution in [1.82, 2.24) is 15.0 Å². The molecule has 20 heavy (non-hydrogen) atoms. The van der Waals surface area contributed by atoms with Gasteiger partial charge in [0, 0.05) is 17.5 Å². The van der Waals surface area contributed by atoms with Gasteiger partial charge in [-0.2, -0.15) is 0 Å². The van der Waals surface area contributed by atoms with Crippen molar-refractivity contribution in [3.63, 3.8) is 0 Å². The lowest BCUT2D eigenvalue weighted by atomic mass is 10.2. The second-order valence-electron chi connectivity index (χ2n) is 4.76. The number of nitrogens with zero attached hydrogens (tertiary/aromatic N) is 3. The molecular formula is C14H21N5S. The summed E-state index contributed by atoms with van der Waals surface area (Å²) < 4.78 is 0. The molecule has 0 aliphatic rings. The Balaban J connectivity index is 2.07. The molecule has 0 saturated carbocycles. The van der Waals surface area contributed by atoms with Gasteiger partial charge in [0.15, 0.2) is 0 Å². The van der Waals surface area contributed by atoms with Crippen LogP contribution in [0.15, 0.2) is 12.4 Å². The van der Waals surface area contributed by atoms with Crippen LogP contribution in [0.1, 0.15) is 41.9 Å². The van der Waals surface area contributed by atoms with E-state index in [2.05, 4.69) is 39.4 Å². The summed E-state index contributed by atoms with van der Waals surface area (Å²) in [6, 6.07) is 2.13. The quantitative estimate of drug-likeness (QED) is 0.852. The number of hydrogen-bond acceptors (Lipinski definition) is 6. The van der Waals surface area contributed by atoms with Crippen molar-refractivity contribution in [2.24, 2.45) is 0 Å². The fourth-order valence-electron chi connectivity index (χ4n) is 2.02. The second-order valence-corrected chi connectivity index (χ2v) is 6.00. The highest BCUT2D eigenvalue weighted by Gasteiger charge is 2.13. The third kappa shape index (κ3) is 3.66. The van der Waals surface area contributed by atoms with Crippen molar-refractivity contribution >= 4 is 23.0 Å². The van der Waals surface area contributed by atoms with Crippen molar-refractivity contribution in [3.8, 4) is 0 Å². The Kier molecular flexibility index (Phi) is 4.89. The molecule has 0 bridgehead atoms. The number of rotatable bonds is 6. The number of aryl methyl sites for hydroxylation is 2. The molecule has 1 unspecified atom stereocenters. The van der Waals surface area contributed by atoms with Gasteiger partial charge in [-0.25, -0.2) is 15.0 Å². The van der Waals surface area contributed by atoms with Crippen molar-refractivity contribution in [1.29, 1.82) is 0 Å². The van der Waals surface area contributed by atoms with Crippen LogP contribution in [0.3, 0.4) is 0 Å². The van der Waals surface area contributed by atoms with Gasteiger partial charge in [-0.1, -0.05) is 6.92 Å². The maximum absolute atomic E-state index is 4.47. The zero-order valence-corrected chi connectivity index (χ0v) is 13.2. The molecule has 6 heteroatoms. The van der Waals surface area contributed by atoms with E-state index >= 15 is 0 Å². The minimum atomic E-state index is 0.190. The van der Waals surface area contributed by atoms with E-state index in [1.165, 1.54) is 4.88 Å². The second kappa shape index (κ2) is 6.65. The number of aromatic nitrogens is 3. The third-order valence-electron chi connectivity index (χ3n) is 2.92. The first kappa shape index (κ1) is 14.7. The van der Waals surface area contributed by atoms with Gasteiger partial charge in [0.05, 0.1) is 16.7 Å². The van der Waals surface area contributed by atoms with Crippen LogP contribution in [-0.2, 0) is 0 Å². The van der Waals surface area contributed by atoms with Gasteiger partial charge >= 0.3 is 0 Å². The van der Waals surface area contributed by atoms with Crippen molar-refractivity contribution in [2.45, 2.75) is 40.2 Å². The van der Waals surface area contributed by atoms with Crippen LogP contribution in [0.2, 0.25) is 0 Å². The van der Waals surface area contributed by atoms with Crippen LogP contribution >= 0.6 is 11.3 Å². The van der Waals surface area contributed by atoms with Crippen LogP contribution in [0.4, 0.5) is 11.6 Å². The van der Waals surface area contributed by atoms with E-state index < -0.39 is 0 Å². The first-order valence-electron chi connectivity index (χ1n) is 6.86. The fraction of sp³-hybridized carbons (Fsp3) is 0.500. The van der Waals surface area contributed by atoms with Gasteiger partial charge in [0.25, 0.3) is 0 Å². The van der Waals surface area contributed by atoms with Gasteiger partial charge in [0.1, 0.15) is 18.0 Å². The lowest BCUT2D eigenvalue weighted by molar-refractivity contribution is 0.876.